The minimum atomic E-state index is -0.244. The second-order valence-electron chi connectivity index (χ2n) is 4.50. The van der Waals surface area contributed by atoms with Crippen LogP contribution >= 0.6 is 0 Å². The molecular weight excluding hydrogens is 232 g/mol. The fourth-order valence-corrected chi connectivity index (χ4v) is 2.05. The highest BCUT2D eigenvalue weighted by atomic mass is 16.5. The summed E-state index contributed by atoms with van der Waals surface area (Å²) in [5.41, 5.74) is 7.26. The second-order valence-corrected chi connectivity index (χ2v) is 4.50. The maximum absolute atomic E-state index is 5.95. The van der Waals surface area contributed by atoms with Crippen LogP contribution in [-0.4, -0.2) is 39.6 Å². The smallest absolute Gasteiger partial charge is 0.121 e. The van der Waals surface area contributed by atoms with E-state index < -0.39 is 0 Å². The number of anilines is 2. The summed E-state index contributed by atoms with van der Waals surface area (Å²) in [7, 11) is 3.34. The summed E-state index contributed by atoms with van der Waals surface area (Å²) in [5.74, 6) is 0.753. The molecule has 0 aliphatic carbocycles. The van der Waals surface area contributed by atoms with Gasteiger partial charge < -0.3 is 25.3 Å². The van der Waals surface area contributed by atoms with Crippen molar-refractivity contribution in [3.8, 4) is 5.75 Å². The first-order valence-electron chi connectivity index (χ1n) is 5.99. The Morgan fingerprint density at radius 1 is 1.44 bits per heavy atom. The van der Waals surface area contributed by atoms with Crippen LogP contribution in [0.25, 0.3) is 0 Å². The van der Waals surface area contributed by atoms with Crippen LogP contribution in [-0.2, 0) is 9.47 Å². The van der Waals surface area contributed by atoms with Gasteiger partial charge in [0.2, 0.25) is 0 Å². The van der Waals surface area contributed by atoms with Gasteiger partial charge in [-0.3, -0.25) is 0 Å². The quantitative estimate of drug-likeness (QED) is 0.777. The number of rotatable bonds is 5. The van der Waals surface area contributed by atoms with E-state index in [-0.39, 0.29) is 5.60 Å². The zero-order chi connectivity index (χ0) is 13.0. The van der Waals surface area contributed by atoms with Crippen molar-refractivity contribution in [3.63, 3.8) is 0 Å². The van der Waals surface area contributed by atoms with Gasteiger partial charge in [-0.15, -0.1) is 0 Å². The normalized spacial score (nSPS) is 23.0. The standard InChI is InChI=1S/C13H20N2O3/c1-16-10-3-4-12(11(14)7-10)15-8-13(17-2)5-6-18-9-13/h3-4,7,15H,5-6,8-9,14H2,1-2H3. The molecule has 1 aromatic rings. The fourth-order valence-electron chi connectivity index (χ4n) is 2.05. The minimum absolute atomic E-state index is 0.244. The number of ether oxygens (including phenoxy) is 3. The van der Waals surface area contributed by atoms with Crippen molar-refractivity contribution in [1.82, 2.24) is 0 Å². The lowest BCUT2D eigenvalue weighted by atomic mass is 10.0. The first-order valence-corrected chi connectivity index (χ1v) is 5.99. The summed E-state index contributed by atoms with van der Waals surface area (Å²) in [6, 6.07) is 5.59. The molecule has 1 heterocycles. The zero-order valence-electron chi connectivity index (χ0n) is 10.9. The molecule has 1 aromatic carbocycles. The summed E-state index contributed by atoms with van der Waals surface area (Å²) in [5, 5.41) is 3.31. The van der Waals surface area contributed by atoms with Crippen LogP contribution in [0.15, 0.2) is 18.2 Å². The van der Waals surface area contributed by atoms with Crippen LogP contribution in [0.1, 0.15) is 6.42 Å². The minimum Gasteiger partial charge on any atom is -0.497 e. The van der Waals surface area contributed by atoms with Gasteiger partial charge in [0, 0.05) is 32.7 Å². The van der Waals surface area contributed by atoms with Gasteiger partial charge in [0.15, 0.2) is 0 Å². The summed E-state index contributed by atoms with van der Waals surface area (Å²) < 4.78 is 16.1. The van der Waals surface area contributed by atoms with Crippen molar-refractivity contribution in [2.75, 3.05) is 45.0 Å². The highest BCUT2D eigenvalue weighted by molar-refractivity contribution is 5.68. The van der Waals surface area contributed by atoms with Crippen LogP contribution in [0.4, 0.5) is 11.4 Å². The van der Waals surface area contributed by atoms with Gasteiger partial charge >= 0.3 is 0 Å². The van der Waals surface area contributed by atoms with Gasteiger partial charge in [-0.2, -0.15) is 0 Å². The average molecular weight is 252 g/mol. The molecule has 3 N–H and O–H groups in total. The van der Waals surface area contributed by atoms with Gasteiger partial charge in [0.05, 0.1) is 25.1 Å². The molecule has 18 heavy (non-hydrogen) atoms. The molecule has 1 unspecified atom stereocenters. The molecule has 0 amide bonds. The van der Waals surface area contributed by atoms with E-state index in [0.29, 0.717) is 18.8 Å². The van der Waals surface area contributed by atoms with E-state index in [0.717, 1.165) is 24.5 Å². The number of nitrogens with one attached hydrogen (secondary N) is 1. The zero-order valence-corrected chi connectivity index (χ0v) is 10.9. The van der Waals surface area contributed by atoms with Crippen molar-refractivity contribution < 1.29 is 14.2 Å². The van der Waals surface area contributed by atoms with Crippen molar-refractivity contribution >= 4 is 11.4 Å². The topological polar surface area (TPSA) is 65.7 Å². The fraction of sp³-hybridized carbons (Fsp3) is 0.538. The monoisotopic (exact) mass is 252 g/mol. The van der Waals surface area contributed by atoms with Crippen LogP contribution in [0, 0.1) is 0 Å². The number of methoxy groups -OCH3 is 2. The SMILES string of the molecule is COc1ccc(NCC2(OC)CCOC2)c(N)c1. The van der Waals surface area contributed by atoms with E-state index in [9.17, 15) is 0 Å². The predicted octanol–water partition coefficient (Wildman–Crippen LogP) is 1.49. The molecule has 1 aliphatic rings. The molecule has 1 fully saturated rings. The maximum atomic E-state index is 5.95. The molecule has 0 bridgehead atoms. The van der Waals surface area contributed by atoms with Gasteiger partial charge in [-0.25, -0.2) is 0 Å². The van der Waals surface area contributed by atoms with Crippen molar-refractivity contribution in [1.29, 1.82) is 0 Å². The summed E-state index contributed by atoms with van der Waals surface area (Å²) >= 11 is 0. The van der Waals surface area contributed by atoms with Crippen LogP contribution in [0.2, 0.25) is 0 Å². The Kier molecular flexibility index (Phi) is 3.93. The second kappa shape index (κ2) is 5.46. The Morgan fingerprint density at radius 3 is 2.83 bits per heavy atom. The van der Waals surface area contributed by atoms with E-state index in [4.69, 9.17) is 19.9 Å². The third kappa shape index (κ3) is 2.68. The number of benzene rings is 1. The molecule has 2 rings (SSSR count). The largest absolute Gasteiger partial charge is 0.497 e. The summed E-state index contributed by atoms with van der Waals surface area (Å²) in [6.45, 7) is 2.04. The van der Waals surface area contributed by atoms with Crippen molar-refractivity contribution in [3.05, 3.63) is 18.2 Å². The van der Waals surface area contributed by atoms with E-state index in [1.54, 1.807) is 20.3 Å². The molecular formula is C13H20N2O3. The molecule has 0 saturated carbocycles. The average Bonchev–Trinajstić information content (AvgIpc) is 2.86. The van der Waals surface area contributed by atoms with Crippen molar-refractivity contribution in [2.45, 2.75) is 12.0 Å². The van der Waals surface area contributed by atoms with Gasteiger partial charge in [0.25, 0.3) is 0 Å². The molecule has 1 saturated heterocycles. The third-order valence-electron chi connectivity index (χ3n) is 3.36. The van der Waals surface area contributed by atoms with Gasteiger partial charge in [0.1, 0.15) is 11.4 Å². The summed E-state index contributed by atoms with van der Waals surface area (Å²) in [6.07, 6.45) is 0.895. The molecule has 5 nitrogen and oxygen atoms in total. The Labute approximate surface area is 107 Å². The highest BCUT2D eigenvalue weighted by Crippen LogP contribution is 2.27. The number of nitrogens with two attached hydrogens (primary N) is 1. The molecule has 0 radical (unpaired) electrons. The van der Waals surface area contributed by atoms with E-state index >= 15 is 0 Å². The van der Waals surface area contributed by atoms with Crippen LogP contribution in [0.5, 0.6) is 5.75 Å². The molecule has 1 atom stereocenters. The molecule has 5 heteroatoms. The number of hydrogen-bond donors (Lipinski definition) is 2. The molecule has 0 spiro atoms. The molecule has 0 aromatic heterocycles. The maximum Gasteiger partial charge on any atom is 0.121 e. The Bertz CT molecular complexity index is 403. The number of nitrogen functional groups attached to an aromatic ring is 1. The van der Waals surface area contributed by atoms with E-state index in [2.05, 4.69) is 5.32 Å². The van der Waals surface area contributed by atoms with Gasteiger partial charge in [-0.1, -0.05) is 0 Å². The Morgan fingerprint density at radius 2 is 2.28 bits per heavy atom. The van der Waals surface area contributed by atoms with Gasteiger partial charge in [-0.05, 0) is 12.1 Å². The van der Waals surface area contributed by atoms with Crippen LogP contribution in [0.3, 0.4) is 0 Å². The van der Waals surface area contributed by atoms with E-state index in [1.165, 1.54) is 0 Å². The predicted molar refractivity (Wildman–Crippen MR) is 71.1 cm³/mol. The first-order chi connectivity index (χ1) is 8.69. The molecule has 1 aliphatic heterocycles. The molecule has 100 valence electrons. The lowest BCUT2D eigenvalue weighted by Crippen LogP contribution is -2.39. The summed E-state index contributed by atoms with van der Waals surface area (Å²) in [4.78, 5) is 0. The first kappa shape index (κ1) is 13.0. The van der Waals surface area contributed by atoms with Crippen LogP contribution < -0.4 is 15.8 Å². The number of hydrogen-bond acceptors (Lipinski definition) is 5. The highest BCUT2D eigenvalue weighted by Gasteiger charge is 2.34. The lowest BCUT2D eigenvalue weighted by Gasteiger charge is -2.26. The lowest BCUT2D eigenvalue weighted by molar-refractivity contribution is -0.00618. The Hall–Kier alpha value is -1.46. The Balaban J connectivity index is 2.01. The third-order valence-corrected chi connectivity index (χ3v) is 3.36. The van der Waals surface area contributed by atoms with Crippen molar-refractivity contribution in [2.24, 2.45) is 0 Å². The van der Waals surface area contributed by atoms with E-state index in [1.807, 2.05) is 12.1 Å².